The zero-order chi connectivity index (χ0) is 22.0. The number of hydrogen-bond donors (Lipinski definition) is 2. The Hall–Kier alpha value is -2.84. The number of rotatable bonds is 7. The first-order chi connectivity index (χ1) is 13.2. The minimum atomic E-state index is -3.25. The number of nitrogens with one attached hydrogen (secondary N) is 2. The molecular formula is C18H23F2N5O2. The van der Waals surface area contributed by atoms with Crippen LogP contribution in [0.1, 0.15) is 54.8 Å². The van der Waals surface area contributed by atoms with Gasteiger partial charge in [0.1, 0.15) is 11.6 Å². The van der Waals surface area contributed by atoms with Crippen molar-refractivity contribution in [2.75, 3.05) is 17.2 Å². The summed E-state index contributed by atoms with van der Waals surface area (Å²) in [6.07, 6.45) is 1.22. The van der Waals surface area contributed by atoms with Gasteiger partial charge in [-0.05, 0) is 12.8 Å². The number of alkyl halides is 2. The van der Waals surface area contributed by atoms with Crippen molar-refractivity contribution in [1.82, 2.24) is 15.0 Å². The van der Waals surface area contributed by atoms with Crippen LogP contribution in [0.2, 0.25) is 0 Å². The Labute approximate surface area is 159 Å². The van der Waals surface area contributed by atoms with Crippen LogP contribution in [0.5, 0.6) is 5.75 Å². The summed E-state index contributed by atoms with van der Waals surface area (Å²) < 4.78 is 48.2. The summed E-state index contributed by atoms with van der Waals surface area (Å²) in [5.74, 6) is -4.13. The van der Waals surface area contributed by atoms with Crippen LogP contribution >= 0.6 is 0 Å². The molecule has 0 aliphatic heterocycles. The van der Waals surface area contributed by atoms with Gasteiger partial charge in [-0.1, -0.05) is 13.8 Å². The molecule has 0 saturated heterocycles. The lowest BCUT2D eigenvalue weighted by atomic mass is 10.1. The highest BCUT2D eigenvalue weighted by Crippen LogP contribution is 2.31. The monoisotopic (exact) mass is 381 g/mol. The average Bonchev–Trinajstić information content (AvgIpc) is 2.54. The quantitative estimate of drug-likeness (QED) is 0.747. The molecular weight excluding hydrogens is 356 g/mol. The number of hydrogen-bond acceptors (Lipinski definition) is 6. The van der Waals surface area contributed by atoms with E-state index < -0.39 is 18.3 Å². The maximum Gasteiger partial charge on any atom is 0.303 e. The molecule has 0 aromatic carbocycles. The van der Waals surface area contributed by atoms with Gasteiger partial charge in [0.25, 0.3) is 0 Å². The van der Waals surface area contributed by atoms with E-state index in [1.54, 1.807) is 0 Å². The third kappa shape index (κ3) is 5.57. The molecule has 0 atom stereocenters. The van der Waals surface area contributed by atoms with E-state index in [2.05, 4.69) is 25.6 Å². The first kappa shape index (κ1) is 17.6. The highest BCUT2D eigenvalue weighted by atomic mass is 19.3. The number of aromatic nitrogens is 3. The van der Waals surface area contributed by atoms with E-state index in [9.17, 15) is 13.6 Å². The molecule has 2 heterocycles. The molecule has 0 aliphatic carbocycles. The Bertz CT molecular complexity index is 899. The lowest BCUT2D eigenvalue weighted by molar-refractivity contribution is -0.114. The molecule has 0 bridgehead atoms. The smallest absolute Gasteiger partial charge is 0.303 e. The molecule has 9 heteroatoms. The molecule has 27 heavy (non-hydrogen) atoms. The molecule has 0 spiro atoms. The minimum Gasteiger partial charge on any atom is -0.490 e. The van der Waals surface area contributed by atoms with Crippen LogP contribution < -0.4 is 15.4 Å². The molecule has 7 nitrogen and oxygen atoms in total. The summed E-state index contributed by atoms with van der Waals surface area (Å²) in [5.41, 5.74) is 0.594. The van der Waals surface area contributed by atoms with Gasteiger partial charge in [-0.2, -0.15) is 8.78 Å². The second-order valence-corrected chi connectivity index (χ2v) is 6.22. The highest BCUT2D eigenvalue weighted by Gasteiger charge is 2.29. The fourth-order valence-electron chi connectivity index (χ4n) is 2.14. The van der Waals surface area contributed by atoms with Gasteiger partial charge in [0.05, 0.1) is 21.2 Å². The van der Waals surface area contributed by atoms with Gasteiger partial charge in [0, 0.05) is 31.7 Å². The summed E-state index contributed by atoms with van der Waals surface area (Å²) in [6.45, 7) is 4.81. The Morgan fingerprint density at radius 3 is 2.59 bits per heavy atom. The van der Waals surface area contributed by atoms with Crippen molar-refractivity contribution in [2.24, 2.45) is 0 Å². The number of nitrogens with zero attached hydrogens (tertiary/aromatic N) is 3. The Balaban J connectivity index is 2.52. The lowest BCUT2D eigenvalue weighted by Crippen LogP contribution is -2.16. The zero-order valence-electron chi connectivity index (χ0n) is 17.7. The molecule has 1 amide bonds. The number of carbonyl (C=O) groups excluding carboxylic acids is 1. The van der Waals surface area contributed by atoms with Gasteiger partial charge in [-0.3, -0.25) is 4.79 Å². The third-order valence-electron chi connectivity index (χ3n) is 3.38. The van der Waals surface area contributed by atoms with Crippen molar-refractivity contribution in [3.63, 3.8) is 0 Å². The fraction of sp³-hybridized carbons (Fsp3) is 0.444. The van der Waals surface area contributed by atoms with Crippen LogP contribution in [-0.2, 0) is 10.7 Å². The van der Waals surface area contributed by atoms with Crippen molar-refractivity contribution >= 4 is 23.2 Å². The number of amides is 1. The fourth-order valence-corrected chi connectivity index (χ4v) is 2.14. The second kappa shape index (κ2) is 8.24. The average molecular weight is 381 g/mol. The van der Waals surface area contributed by atoms with Crippen LogP contribution in [0.15, 0.2) is 18.3 Å². The van der Waals surface area contributed by atoms with Crippen LogP contribution in [0.3, 0.4) is 0 Å². The lowest BCUT2D eigenvalue weighted by Gasteiger charge is -2.17. The van der Waals surface area contributed by atoms with Crippen LogP contribution in [-0.4, -0.2) is 27.4 Å². The van der Waals surface area contributed by atoms with Crippen molar-refractivity contribution in [1.29, 1.82) is 0 Å². The molecule has 2 aromatic heterocycles. The van der Waals surface area contributed by atoms with Crippen molar-refractivity contribution in [3.8, 4) is 5.75 Å². The van der Waals surface area contributed by atoms with Crippen molar-refractivity contribution in [3.05, 3.63) is 29.8 Å². The molecule has 0 fully saturated rings. The third-order valence-corrected chi connectivity index (χ3v) is 3.38. The summed E-state index contributed by atoms with van der Waals surface area (Å²) in [5, 5.41) is 5.34. The maximum atomic E-state index is 13.8. The standard InChI is InChI=1S/C18H23F2N5O2/c1-6-27-14-9-21-15(22-11(4)26)8-13(14)23-16-7-12(10(2)3)24-17(25-16)18(5,19)20/h7-10H,6H2,1-5H3,(H2,21,22,23,24,25,26)/i6D2. The zero-order valence-corrected chi connectivity index (χ0v) is 15.7. The van der Waals surface area contributed by atoms with Gasteiger partial charge in [0.2, 0.25) is 11.7 Å². The summed E-state index contributed by atoms with van der Waals surface area (Å²) in [4.78, 5) is 23.1. The molecule has 0 unspecified atom stereocenters. The summed E-state index contributed by atoms with van der Waals surface area (Å²) in [6, 6.07) is 2.91. The Kier molecular flexibility index (Phi) is 5.36. The molecule has 2 N–H and O–H groups in total. The largest absolute Gasteiger partial charge is 0.490 e. The van der Waals surface area contributed by atoms with E-state index in [1.807, 2.05) is 13.8 Å². The molecule has 2 aromatic rings. The van der Waals surface area contributed by atoms with Crippen molar-refractivity contribution in [2.45, 2.75) is 46.5 Å². The van der Waals surface area contributed by atoms with E-state index in [-0.39, 0.29) is 34.9 Å². The Morgan fingerprint density at radius 1 is 1.33 bits per heavy atom. The number of anilines is 3. The van der Waals surface area contributed by atoms with Gasteiger partial charge in [0.15, 0.2) is 5.75 Å². The molecule has 0 aliphatic rings. The number of pyridine rings is 1. The van der Waals surface area contributed by atoms with E-state index >= 15 is 0 Å². The summed E-state index contributed by atoms with van der Waals surface area (Å²) >= 11 is 0. The van der Waals surface area contributed by atoms with Crippen LogP contribution in [0.25, 0.3) is 0 Å². The second-order valence-electron chi connectivity index (χ2n) is 6.22. The van der Waals surface area contributed by atoms with Crippen LogP contribution in [0, 0.1) is 0 Å². The molecule has 2 rings (SSSR count). The Morgan fingerprint density at radius 2 is 2.04 bits per heavy atom. The van der Waals surface area contributed by atoms with Crippen LogP contribution in [0.4, 0.5) is 26.1 Å². The van der Waals surface area contributed by atoms with E-state index in [0.717, 1.165) is 0 Å². The highest BCUT2D eigenvalue weighted by molar-refractivity contribution is 5.88. The first-order valence-electron chi connectivity index (χ1n) is 9.25. The van der Waals surface area contributed by atoms with Gasteiger partial charge < -0.3 is 15.4 Å². The SMILES string of the molecule is [2H]C([2H])(C)Oc1cnc(NC(C)=O)cc1Nc1cc(C(C)C)nc(C(C)(F)F)n1. The van der Waals surface area contributed by atoms with Gasteiger partial charge >= 0.3 is 5.92 Å². The predicted octanol–water partition coefficient (Wildman–Crippen LogP) is 4.21. The van der Waals surface area contributed by atoms with E-state index in [4.69, 9.17) is 7.48 Å². The normalized spacial score (nSPS) is 13.0. The maximum absolute atomic E-state index is 13.8. The molecule has 0 saturated carbocycles. The van der Waals surface area contributed by atoms with Crippen molar-refractivity contribution < 1.29 is 21.1 Å². The van der Waals surface area contributed by atoms with E-state index in [0.29, 0.717) is 12.6 Å². The molecule has 0 radical (unpaired) electrons. The number of ether oxygens (including phenoxy) is 1. The minimum absolute atomic E-state index is 0.0149. The summed E-state index contributed by atoms with van der Waals surface area (Å²) in [7, 11) is 0. The predicted molar refractivity (Wildman–Crippen MR) is 98.7 cm³/mol. The van der Waals surface area contributed by atoms with Gasteiger partial charge in [-0.15, -0.1) is 0 Å². The first-order valence-corrected chi connectivity index (χ1v) is 8.25. The topological polar surface area (TPSA) is 89.0 Å². The number of carbonyl (C=O) groups is 1. The number of halogens is 2. The molecule has 146 valence electrons. The van der Waals surface area contributed by atoms with Gasteiger partial charge in [-0.25, -0.2) is 15.0 Å². The van der Waals surface area contributed by atoms with E-state index in [1.165, 1.54) is 32.2 Å².